The molecule has 2 fully saturated rings. The van der Waals surface area contributed by atoms with Gasteiger partial charge in [-0.15, -0.1) is 0 Å². The van der Waals surface area contributed by atoms with Gasteiger partial charge in [-0.1, -0.05) is 19.1 Å². The Morgan fingerprint density at radius 1 is 0.930 bits per heavy atom. The molecule has 0 radical (unpaired) electrons. The van der Waals surface area contributed by atoms with Crippen molar-refractivity contribution in [1.82, 2.24) is 24.8 Å². The second-order valence-corrected chi connectivity index (χ2v) is 11.7. The minimum absolute atomic E-state index is 0.105. The Morgan fingerprint density at radius 3 is 2.30 bits per heavy atom. The fourth-order valence-electron chi connectivity index (χ4n) is 6.36. The molecular formula is C33H36F2N6O2. The van der Waals surface area contributed by atoms with Gasteiger partial charge in [0.1, 0.15) is 17.3 Å². The zero-order chi connectivity index (χ0) is 30.2. The summed E-state index contributed by atoms with van der Waals surface area (Å²) in [7, 11) is 1.57. The van der Waals surface area contributed by atoms with Gasteiger partial charge in [-0.25, -0.2) is 13.8 Å². The summed E-state index contributed by atoms with van der Waals surface area (Å²) in [6, 6.07) is 12.2. The summed E-state index contributed by atoms with van der Waals surface area (Å²) in [6.45, 7) is 7.88. The van der Waals surface area contributed by atoms with Gasteiger partial charge < -0.3 is 15.1 Å². The molecule has 2 aliphatic heterocycles. The summed E-state index contributed by atoms with van der Waals surface area (Å²) in [5.41, 5.74) is 1.47. The van der Waals surface area contributed by atoms with Crippen LogP contribution in [0.3, 0.4) is 0 Å². The molecule has 43 heavy (non-hydrogen) atoms. The Hall–Kier alpha value is -4.18. The fraction of sp³-hybridized carbons (Fsp3) is 0.394. The van der Waals surface area contributed by atoms with Crippen LogP contribution in [-0.4, -0.2) is 64.6 Å². The molecule has 2 saturated heterocycles. The molecule has 0 saturated carbocycles. The Balaban J connectivity index is 1.50. The highest BCUT2D eigenvalue weighted by molar-refractivity contribution is 5.98. The molecule has 4 aromatic rings. The smallest absolute Gasteiger partial charge is 0.256 e. The number of likely N-dealkylation sites (tertiary alicyclic amines) is 1. The van der Waals surface area contributed by atoms with E-state index in [1.165, 1.54) is 25.0 Å². The van der Waals surface area contributed by atoms with Crippen LogP contribution >= 0.6 is 0 Å². The molecule has 0 unspecified atom stereocenters. The molecule has 2 aliphatic rings. The number of aromatic nitrogens is 3. The van der Waals surface area contributed by atoms with E-state index in [-0.39, 0.29) is 11.6 Å². The van der Waals surface area contributed by atoms with Crippen molar-refractivity contribution in [2.24, 2.45) is 5.92 Å². The molecular weight excluding hydrogens is 550 g/mol. The first-order chi connectivity index (χ1) is 20.7. The van der Waals surface area contributed by atoms with Crippen LogP contribution in [0.4, 0.5) is 14.7 Å². The van der Waals surface area contributed by atoms with Gasteiger partial charge >= 0.3 is 0 Å². The lowest BCUT2D eigenvalue weighted by Crippen LogP contribution is -2.48. The predicted octanol–water partition coefficient (Wildman–Crippen LogP) is 5.09. The van der Waals surface area contributed by atoms with Gasteiger partial charge in [-0.05, 0) is 87.5 Å². The summed E-state index contributed by atoms with van der Waals surface area (Å²) in [5.74, 6) is -0.840. The normalized spacial score (nSPS) is 17.0. The third-order valence-corrected chi connectivity index (χ3v) is 8.96. The van der Waals surface area contributed by atoms with Crippen molar-refractivity contribution < 1.29 is 13.6 Å². The van der Waals surface area contributed by atoms with Crippen LogP contribution in [0.2, 0.25) is 0 Å². The number of rotatable bonds is 5. The lowest BCUT2D eigenvalue weighted by molar-refractivity contribution is 0.0963. The minimum atomic E-state index is -0.870. The average molecular weight is 587 g/mol. The molecule has 6 rings (SSSR count). The predicted molar refractivity (Wildman–Crippen MR) is 164 cm³/mol. The molecule has 2 aromatic heterocycles. The fourth-order valence-corrected chi connectivity index (χ4v) is 6.36. The number of amides is 1. The molecule has 0 spiro atoms. The largest absolute Gasteiger partial charge is 0.355 e. The third kappa shape index (κ3) is 5.51. The molecule has 1 amide bonds. The van der Waals surface area contributed by atoms with Crippen LogP contribution in [0.5, 0.6) is 0 Å². The maximum Gasteiger partial charge on any atom is 0.256 e. The SMILES string of the molecule is CNC(=O)c1ccc(C)c(-c2nc(N3CCC(N4CCC(C)CC4)CC3)nc3c2ccc(=O)n3-c2c(F)cccc2F)c1. The number of nitrogens with zero attached hydrogens (tertiary/aromatic N) is 5. The molecule has 1 N–H and O–H groups in total. The molecule has 0 bridgehead atoms. The second-order valence-electron chi connectivity index (χ2n) is 11.7. The van der Waals surface area contributed by atoms with E-state index in [0.29, 0.717) is 47.3 Å². The number of anilines is 1. The summed E-state index contributed by atoms with van der Waals surface area (Å²) >= 11 is 0. The van der Waals surface area contributed by atoms with Crippen molar-refractivity contribution in [1.29, 1.82) is 0 Å². The van der Waals surface area contributed by atoms with E-state index >= 15 is 8.78 Å². The highest BCUT2D eigenvalue weighted by Gasteiger charge is 2.29. The zero-order valence-electron chi connectivity index (χ0n) is 24.7. The summed E-state index contributed by atoms with van der Waals surface area (Å²) in [6.07, 6.45) is 4.32. The van der Waals surface area contributed by atoms with Gasteiger partial charge in [0.25, 0.3) is 11.5 Å². The third-order valence-electron chi connectivity index (χ3n) is 8.96. The monoisotopic (exact) mass is 586 g/mol. The Morgan fingerprint density at radius 2 is 1.63 bits per heavy atom. The van der Waals surface area contributed by atoms with Crippen LogP contribution in [0.15, 0.2) is 53.3 Å². The van der Waals surface area contributed by atoms with Crippen molar-refractivity contribution in [3.8, 4) is 16.9 Å². The van der Waals surface area contributed by atoms with Crippen LogP contribution < -0.4 is 15.8 Å². The number of halogens is 2. The number of pyridine rings is 1. The highest BCUT2D eigenvalue weighted by Crippen LogP contribution is 2.33. The van der Waals surface area contributed by atoms with E-state index in [9.17, 15) is 9.59 Å². The van der Waals surface area contributed by atoms with Gasteiger partial charge in [-0.2, -0.15) is 4.98 Å². The molecule has 0 aliphatic carbocycles. The summed E-state index contributed by atoms with van der Waals surface area (Å²) in [4.78, 5) is 40.3. The number of carbonyl (C=O) groups excluding carboxylic acids is 1. The molecule has 224 valence electrons. The first-order valence-corrected chi connectivity index (χ1v) is 15.0. The molecule has 0 atom stereocenters. The van der Waals surface area contributed by atoms with E-state index in [1.54, 1.807) is 25.2 Å². The molecule has 8 nitrogen and oxygen atoms in total. The van der Waals surface area contributed by atoms with Crippen LogP contribution in [0.1, 0.15) is 48.5 Å². The number of fused-ring (bicyclic) bond motifs is 1. The van der Waals surface area contributed by atoms with E-state index in [2.05, 4.69) is 22.0 Å². The lowest BCUT2D eigenvalue weighted by Gasteiger charge is -2.41. The number of carbonyl (C=O) groups is 1. The number of nitrogens with one attached hydrogen (secondary N) is 1. The topological polar surface area (TPSA) is 83.4 Å². The zero-order valence-corrected chi connectivity index (χ0v) is 24.7. The van der Waals surface area contributed by atoms with Crippen LogP contribution in [0.25, 0.3) is 28.0 Å². The highest BCUT2D eigenvalue weighted by atomic mass is 19.1. The Bertz CT molecular complexity index is 1720. The number of piperidine rings is 2. The van der Waals surface area contributed by atoms with E-state index in [0.717, 1.165) is 54.1 Å². The summed E-state index contributed by atoms with van der Waals surface area (Å²) < 4.78 is 31.2. The van der Waals surface area contributed by atoms with Gasteiger partial charge in [0.15, 0.2) is 5.65 Å². The van der Waals surface area contributed by atoms with E-state index in [1.807, 2.05) is 13.0 Å². The number of para-hydroxylation sites is 1. The van der Waals surface area contributed by atoms with Gasteiger partial charge in [-0.3, -0.25) is 14.2 Å². The average Bonchev–Trinajstić information content (AvgIpc) is 3.01. The van der Waals surface area contributed by atoms with Crippen molar-refractivity contribution in [2.75, 3.05) is 38.1 Å². The van der Waals surface area contributed by atoms with Crippen LogP contribution in [0, 0.1) is 24.5 Å². The van der Waals surface area contributed by atoms with Gasteiger partial charge in [0.2, 0.25) is 5.95 Å². The first-order valence-electron chi connectivity index (χ1n) is 15.0. The number of aryl methyl sites for hydroxylation is 1. The maximum absolute atomic E-state index is 15.1. The van der Waals surface area contributed by atoms with E-state index in [4.69, 9.17) is 9.97 Å². The molecule has 4 heterocycles. The number of hydrogen-bond acceptors (Lipinski definition) is 6. The first kappa shape index (κ1) is 28.9. The quantitative estimate of drug-likeness (QED) is 0.351. The van der Waals surface area contributed by atoms with E-state index < -0.39 is 22.9 Å². The standard InChI is InChI=1S/C33H36F2N6O2/c1-20-11-15-39(16-12-20)23-13-17-40(18-14-23)33-37-29(25-19-22(32(43)36-3)8-7-21(25)2)24-9-10-28(42)41(31(24)38-33)30-26(34)5-4-6-27(30)35/h4-10,19-20,23H,11-18H2,1-3H3,(H,36,43). The number of hydrogen-bond donors (Lipinski definition) is 1. The molecule has 10 heteroatoms. The van der Waals surface area contributed by atoms with Gasteiger partial charge in [0.05, 0.1) is 5.69 Å². The Labute approximate surface area is 249 Å². The lowest BCUT2D eigenvalue weighted by atomic mass is 9.95. The van der Waals surface area contributed by atoms with Gasteiger partial charge in [0, 0.05) is 48.8 Å². The minimum Gasteiger partial charge on any atom is -0.355 e. The van der Waals surface area contributed by atoms with Crippen molar-refractivity contribution in [3.63, 3.8) is 0 Å². The Kier molecular flexibility index (Phi) is 7.96. The number of benzene rings is 2. The van der Waals surface area contributed by atoms with Crippen molar-refractivity contribution >= 4 is 22.9 Å². The maximum atomic E-state index is 15.1. The van der Waals surface area contributed by atoms with Crippen molar-refractivity contribution in [2.45, 2.75) is 45.6 Å². The summed E-state index contributed by atoms with van der Waals surface area (Å²) in [5, 5.41) is 3.10. The van der Waals surface area contributed by atoms with Crippen molar-refractivity contribution in [3.05, 3.63) is 81.6 Å². The van der Waals surface area contributed by atoms with Crippen LogP contribution in [-0.2, 0) is 0 Å². The molecule has 2 aromatic carbocycles. The second kappa shape index (κ2) is 11.8.